The second-order valence-corrected chi connectivity index (χ2v) is 3.54. The molecule has 0 atom stereocenters. The monoisotopic (exact) mass is 231 g/mol. The van der Waals surface area contributed by atoms with E-state index in [2.05, 4.69) is 10.2 Å². The molecule has 0 radical (unpaired) electrons. The van der Waals surface area contributed by atoms with Crippen molar-refractivity contribution in [3.63, 3.8) is 0 Å². The van der Waals surface area contributed by atoms with E-state index in [-0.39, 0.29) is 0 Å². The molecule has 5 nitrogen and oxygen atoms in total. The molecule has 1 aromatic carbocycles. The highest BCUT2D eigenvalue weighted by atomic mass is 16.5. The fourth-order valence-corrected chi connectivity index (χ4v) is 1.40. The number of nitrogen functional groups attached to an aromatic ring is 1. The minimum atomic E-state index is 0.573. The van der Waals surface area contributed by atoms with Gasteiger partial charge in [-0.2, -0.15) is 10.2 Å². The van der Waals surface area contributed by atoms with Gasteiger partial charge in [-0.15, -0.1) is 0 Å². The Morgan fingerprint density at radius 1 is 1.18 bits per heavy atom. The van der Waals surface area contributed by atoms with Crippen LogP contribution in [0.25, 0.3) is 0 Å². The first-order chi connectivity index (χ1) is 8.19. The van der Waals surface area contributed by atoms with Crippen LogP contribution in [0.15, 0.2) is 30.5 Å². The van der Waals surface area contributed by atoms with Gasteiger partial charge in [-0.3, -0.25) is 0 Å². The van der Waals surface area contributed by atoms with Crippen molar-refractivity contribution in [1.29, 1.82) is 0 Å². The number of nitrogens with zero attached hydrogens (tertiary/aromatic N) is 2. The van der Waals surface area contributed by atoms with Gasteiger partial charge in [0.25, 0.3) is 0 Å². The molecule has 0 unspecified atom stereocenters. The molecule has 2 aromatic rings. The summed E-state index contributed by atoms with van der Waals surface area (Å²) in [6.07, 6.45) is 1.55. The van der Waals surface area contributed by atoms with Crippen molar-refractivity contribution in [1.82, 2.24) is 10.2 Å². The van der Waals surface area contributed by atoms with Crippen LogP contribution in [0.4, 0.5) is 5.69 Å². The average Bonchev–Trinajstić information content (AvgIpc) is 2.32. The van der Waals surface area contributed by atoms with E-state index in [4.69, 9.17) is 15.2 Å². The lowest BCUT2D eigenvalue weighted by atomic mass is 10.3. The third kappa shape index (κ3) is 2.63. The van der Waals surface area contributed by atoms with Gasteiger partial charge >= 0.3 is 0 Å². The van der Waals surface area contributed by atoms with E-state index < -0.39 is 0 Å². The number of methoxy groups -OCH3 is 1. The molecule has 17 heavy (non-hydrogen) atoms. The third-order valence-electron chi connectivity index (χ3n) is 2.19. The molecule has 0 amide bonds. The zero-order chi connectivity index (χ0) is 12.3. The van der Waals surface area contributed by atoms with Crippen LogP contribution in [0.1, 0.15) is 5.69 Å². The average molecular weight is 231 g/mol. The number of anilines is 1. The summed E-state index contributed by atoms with van der Waals surface area (Å²) >= 11 is 0. The number of aryl methyl sites for hydroxylation is 1. The summed E-state index contributed by atoms with van der Waals surface area (Å²) in [7, 11) is 1.56. The van der Waals surface area contributed by atoms with E-state index in [1.807, 2.05) is 6.92 Å². The highest BCUT2D eigenvalue weighted by Gasteiger charge is 2.03. The van der Waals surface area contributed by atoms with Crippen LogP contribution in [-0.2, 0) is 0 Å². The molecular weight excluding hydrogens is 218 g/mol. The summed E-state index contributed by atoms with van der Waals surface area (Å²) in [6, 6.07) is 7.03. The Kier molecular flexibility index (Phi) is 3.09. The van der Waals surface area contributed by atoms with Gasteiger partial charge in [0.2, 0.25) is 0 Å². The van der Waals surface area contributed by atoms with E-state index in [0.29, 0.717) is 22.9 Å². The van der Waals surface area contributed by atoms with E-state index in [1.54, 1.807) is 37.6 Å². The van der Waals surface area contributed by atoms with Crippen molar-refractivity contribution < 1.29 is 9.47 Å². The Labute approximate surface area is 99.2 Å². The largest absolute Gasteiger partial charge is 0.494 e. The third-order valence-corrected chi connectivity index (χ3v) is 2.19. The van der Waals surface area contributed by atoms with Crippen LogP contribution in [0.2, 0.25) is 0 Å². The van der Waals surface area contributed by atoms with Gasteiger partial charge in [-0.05, 0) is 19.1 Å². The molecule has 2 rings (SSSR count). The maximum absolute atomic E-state index is 5.71. The molecule has 0 aliphatic carbocycles. The van der Waals surface area contributed by atoms with E-state index in [1.165, 1.54) is 0 Å². The molecule has 88 valence electrons. The summed E-state index contributed by atoms with van der Waals surface area (Å²) in [5.74, 6) is 1.86. The molecular formula is C12H13N3O2. The molecule has 2 N–H and O–H groups in total. The molecule has 0 fully saturated rings. The zero-order valence-corrected chi connectivity index (χ0v) is 9.68. The van der Waals surface area contributed by atoms with Crippen molar-refractivity contribution in [2.24, 2.45) is 0 Å². The quantitative estimate of drug-likeness (QED) is 0.820. The van der Waals surface area contributed by atoms with Crippen molar-refractivity contribution in [3.05, 3.63) is 36.2 Å². The molecule has 0 spiro atoms. The highest BCUT2D eigenvalue weighted by molar-refractivity contribution is 5.56. The summed E-state index contributed by atoms with van der Waals surface area (Å²) in [5, 5.41) is 7.66. The molecule has 1 heterocycles. The molecule has 0 saturated carbocycles. The maximum atomic E-state index is 5.71. The van der Waals surface area contributed by atoms with Gasteiger partial charge in [0, 0.05) is 12.1 Å². The lowest BCUT2D eigenvalue weighted by Gasteiger charge is -2.08. The first-order valence-corrected chi connectivity index (χ1v) is 5.10. The topological polar surface area (TPSA) is 70.3 Å². The second kappa shape index (κ2) is 4.69. The molecule has 0 saturated heterocycles. The molecule has 0 aliphatic heterocycles. The Bertz CT molecular complexity index is 529. The lowest BCUT2D eigenvalue weighted by molar-refractivity contribution is 0.411. The van der Waals surface area contributed by atoms with Crippen LogP contribution in [0.3, 0.4) is 0 Å². The fraction of sp³-hybridized carbons (Fsp3) is 0.167. The summed E-state index contributed by atoms with van der Waals surface area (Å²) in [6.45, 7) is 1.85. The molecule has 5 heteroatoms. The number of hydrogen-bond acceptors (Lipinski definition) is 5. The van der Waals surface area contributed by atoms with Crippen LogP contribution in [0, 0.1) is 6.92 Å². The standard InChI is InChI=1S/C12H13N3O2/c1-8-5-10(7-14-15-8)17-9-3-4-11(13)12(6-9)16-2/h3-7H,13H2,1-2H3. The Morgan fingerprint density at radius 3 is 2.71 bits per heavy atom. The van der Waals surface area contributed by atoms with Gasteiger partial charge in [0.05, 0.1) is 24.7 Å². The Hall–Kier alpha value is -2.30. The van der Waals surface area contributed by atoms with Crippen LogP contribution < -0.4 is 15.2 Å². The van der Waals surface area contributed by atoms with Crippen LogP contribution in [0.5, 0.6) is 17.2 Å². The van der Waals surface area contributed by atoms with Crippen molar-refractivity contribution >= 4 is 5.69 Å². The van der Waals surface area contributed by atoms with Crippen LogP contribution >= 0.6 is 0 Å². The first kappa shape index (κ1) is 11.2. The van der Waals surface area contributed by atoms with Gasteiger partial charge in [0.15, 0.2) is 0 Å². The van der Waals surface area contributed by atoms with Gasteiger partial charge < -0.3 is 15.2 Å². The van der Waals surface area contributed by atoms with E-state index in [9.17, 15) is 0 Å². The Morgan fingerprint density at radius 2 is 2.00 bits per heavy atom. The highest BCUT2D eigenvalue weighted by Crippen LogP contribution is 2.29. The molecule has 1 aromatic heterocycles. The zero-order valence-electron chi connectivity index (χ0n) is 9.68. The molecule has 0 aliphatic rings. The predicted molar refractivity (Wildman–Crippen MR) is 64.2 cm³/mol. The van der Waals surface area contributed by atoms with E-state index >= 15 is 0 Å². The first-order valence-electron chi connectivity index (χ1n) is 5.10. The van der Waals surface area contributed by atoms with E-state index in [0.717, 1.165) is 5.69 Å². The van der Waals surface area contributed by atoms with Gasteiger partial charge in [-0.1, -0.05) is 0 Å². The van der Waals surface area contributed by atoms with Gasteiger partial charge in [0.1, 0.15) is 17.2 Å². The SMILES string of the molecule is COc1cc(Oc2cnnc(C)c2)ccc1N. The smallest absolute Gasteiger partial charge is 0.149 e. The number of rotatable bonds is 3. The second-order valence-electron chi connectivity index (χ2n) is 3.54. The summed E-state index contributed by atoms with van der Waals surface area (Å²) < 4.78 is 10.7. The molecule has 0 bridgehead atoms. The normalized spacial score (nSPS) is 10.0. The lowest BCUT2D eigenvalue weighted by Crippen LogP contribution is -1.94. The maximum Gasteiger partial charge on any atom is 0.149 e. The number of aromatic nitrogens is 2. The van der Waals surface area contributed by atoms with Gasteiger partial charge in [-0.25, -0.2) is 0 Å². The predicted octanol–water partition coefficient (Wildman–Crippen LogP) is 2.17. The fourth-order valence-electron chi connectivity index (χ4n) is 1.40. The minimum absolute atomic E-state index is 0.573. The number of ether oxygens (including phenoxy) is 2. The number of benzene rings is 1. The summed E-state index contributed by atoms with van der Waals surface area (Å²) in [5.41, 5.74) is 7.08. The number of nitrogens with two attached hydrogens (primary N) is 1. The number of hydrogen-bond donors (Lipinski definition) is 1. The van der Waals surface area contributed by atoms with Crippen molar-refractivity contribution in [2.75, 3.05) is 12.8 Å². The minimum Gasteiger partial charge on any atom is -0.494 e. The Balaban J connectivity index is 2.24. The van der Waals surface area contributed by atoms with Crippen molar-refractivity contribution in [2.45, 2.75) is 6.92 Å². The summed E-state index contributed by atoms with van der Waals surface area (Å²) in [4.78, 5) is 0. The van der Waals surface area contributed by atoms with Crippen LogP contribution in [-0.4, -0.2) is 17.3 Å². The van der Waals surface area contributed by atoms with Crippen molar-refractivity contribution in [3.8, 4) is 17.2 Å².